The smallest absolute Gasteiger partial charge is 0.191 e. The fourth-order valence-electron chi connectivity index (χ4n) is 1.89. The van der Waals surface area contributed by atoms with Crippen molar-refractivity contribution in [3.63, 3.8) is 0 Å². The Morgan fingerprint density at radius 3 is 2.32 bits per heavy atom. The van der Waals surface area contributed by atoms with E-state index in [4.69, 9.17) is 0 Å². The van der Waals surface area contributed by atoms with Crippen LogP contribution in [0.25, 0.3) is 0 Å². The summed E-state index contributed by atoms with van der Waals surface area (Å²) in [5, 5.41) is 6.55. The van der Waals surface area contributed by atoms with Gasteiger partial charge in [-0.2, -0.15) is 0 Å². The number of hydrogen-bond donors (Lipinski definition) is 2. The van der Waals surface area contributed by atoms with Gasteiger partial charge in [0.1, 0.15) is 0 Å². The van der Waals surface area contributed by atoms with E-state index < -0.39 is 14.6 Å². The maximum Gasteiger partial charge on any atom is 0.191 e. The third-order valence-electron chi connectivity index (χ3n) is 3.84. The Hall–Kier alpha value is -0.780. The first-order valence-electron chi connectivity index (χ1n) is 8.38. The topological polar surface area (TPSA) is 70.6 Å². The maximum atomic E-state index is 11.7. The normalized spacial score (nSPS) is 14.7. The van der Waals surface area contributed by atoms with E-state index in [1.165, 1.54) is 31.9 Å². The van der Waals surface area contributed by atoms with E-state index >= 15 is 0 Å². The van der Waals surface area contributed by atoms with Crippen LogP contribution in [0.5, 0.6) is 0 Å². The first-order chi connectivity index (χ1) is 10.1. The molecule has 0 aliphatic heterocycles. The molecule has 0 rings (SSSR count). The zero-order valence-corrected chi connectivity index (χ0v) is 16.0. The Labute approximate surface area is 137 Å². The number of unbranched alkanes of at least 4 members (excludes halogenated alkanes) is 3. The minimum Gasteiger partial charge on any atom is -0.357 e. The molecule has 132 valence electrons. The van der Waals surface area contributed by atoms with Crippen LogP contribution in [-0.4, -0.2) is 44.5 Å². The lowest BCUT2D eigenvalue weighted by molar-refractivity contribution is 0.533. The number of sulfone groups is 1. The zero-order valence-electron chi connectivity index (χ0n) is 15.2. The fraction of sp³-hybridized carbons (Fsp3) is 0.938. The summed E-state index contributed by atoms with van der Waals surface area (Å²) in [6, 6.07) is 0.330. The van der Waals surface area contributed by atoms with E-state index in [0.29, 0.717) is 12.0 Å². The summed E-state index contributed by atoms with van der Waals surface area (Å²) in [5.74, 6) is 0.696. The standard InChI is InChI=1S/C16H35N3O2S/c1-7-9-10-11-12-14(3)19-15(17-8-2)18-13-16(4,5)22(6,20)21/h14H,7-13H2,1-6H3,(H2,17,18,19). The first kappa shape index (κ1) is 21.2. The van der Waals surface area contributed by atoms with Crippen molar-refractivity contribution in [1.29, 1.82) is 0 Å². The molecule has 0 aliphatic rings. The van der Waals surface area contributed by atoms with Crippen molar-refractivity contribution in [2.75, 3.05) is 19.3 Å². The van der Waals surface area contributed by atoms with Gasteiger partial charge in [0, 0.05) is 18.8 Å². The van der Waals surface area contributed by atoms with Gasteiger partial charge in [0.25, 0.3) is 0 Å². The third-order valence-corrected chi connectivity index (χ3v) is 5.98. The molecule has 0 amide bonds. The minimum atomic E-state index is -3.12. The van der Waals surface area contributed by atoms with Gasteiger partial charge >= 0.3 is 0 Å². The highest BCUT2D eigenvalue weighted by Gasteiger charge is 2.30. The molecular weight excluding hydrogens is 298 g/mol. The molecule has 22 heavy (non-hydrogen) atoms. The number of rotatable bonds is 10. The number of hydrogen-bond acceptors (Lipinski definition) is 3. The van der Waals surface area contributed by atoms with Gasteiger partial charge in [-0.25, -0.2) is 8.42 Å². The number of nitrogens with zero attached hydrogens (tertiary/aromatic N) is 1. The number of guanidine groups is 1. The molecule has 0 heterocycles. The predicted octanol–water partition coefficient (Wildman–Crippen LogP) is 2.72. The van der Waals surface area contributed by atoms with Crippen LogP contribution < -0.4 is 10.6 Å². The molecule has 0 aromatic rings. The van der Waals surface area contributed by atoms with E-state index in [2.05, 4.69) is 29.5 Å². The van der Waals surface area contributed by atoms with E-state index in [1.54, 1.807) is 13.8 Å². The highest BCUT2D eigenvalue weighted by atomic mass is 32.2. The van der Waals surface area contributed by atoms with Crippen LogP contribution in [0, 0.1) is 0 Å². The van der Waals surface area contributed by atoms with E-state index in [9.17, 15) is 8.42 Å². The lowest BCUT2D eigenvalue weighted by Crippen LogP contribution is -2.44. The average Bonchev–Trinajstić information content (AvgIpc) is 2.40. The quantitative estimate of drug-likeness (QED) is 0.366. The Morgan fingerprint density at radius 1 is 1.18 bits per heavy atom. The van der Waals surface area contributed by atoms with Crippen molar-refractivity contribution in [1.82, 2.24) is 10.6 Å². The molecule has 0 saturated heterocycles. The van der Waals surface area contributed by atoms with Crippen LogP contribution in [0.3, 0.4) is 0 Å². The van der Waals surface area contributed by atoms with Crippen molar-refractivity contribution in [3.8, 4) is 0 Å². The second-order valence-corrected chi connectivity index (χ2v) is 9.27. The van der Waals surface area contributed by atoms with Gasteiger partial charge in [0.15, 0.2) is 15.8 Å². The van der Waals surface area contributed by atoms with Gasteiger partial charge in [0.2, 0.25) is 0 Å². The van der Waals surface area contributed by atoms with Crippen LogP contribution >= 0.6 is 0 Å². The van der Waals surface area contributed by atoms with E-state index in [1.807, 2.05) is 6.92 Å². The van der Waals surface area contributed by atoms with Crippen molar-refractivity contribution in [2.45, 2.75) is 77.5 Å². The molecule has 1 atom stereocenters. The zero-order chi connectivity index (χ0) is 17.2. The summed E-state index contributed by atoms with van der Waals surface area (Å²) in [5.41, 5.74) is 0. The van der Waals surface area contributed by atoms with Gasteiger partial charge < -0.3 is 10.6 Å². The SMILES string of the molecule is CCCCCCC(C)NC(=NCC(C)(C)S(C)(=O)=O)NCC. The monoisotopic (exact) mass is 333 g/mol. The third kappa shape index (κ3) is 8.61. The molecule has 5 nitrogen and oxygen atoms in total. The van der Waals surface area contributed by atoms with E-state index in [0.717, 1.165) is 13.0 Å². The molecule has 0 aromatic carbocycles. The predicted molar refractivity (Wildman–Crippen MR) is 96.3 cm³/mol. The summed E-state index contributed by atoms with van der Waals surface area (Å²) in [6.07, 6.45) is 7.35. The Morgan fingerprint density at radius 2 is 1.82 bits per heavy atom. The summed E-state index contributed by atoms with van der Waals surface area (Å²) in [7, 11) is -3.12. The largest absolute Gasteiger partial charge is 0.357 e. The molecule has 0 radical (unpaired) electrons. The highest BCUT2D eigenvalue weighted by molar-refractivity contribution is 7.92. The van der Waals surface area contributed by atoms with Crippen molar-refractivity contribution >= 4 is 15.8 Å². The Bertz CT molecular complexity index is 431. The van der Waals surface area contributed by atoms with Gasteiger partial charge in [-0.3, -0.25) is 4.99 Å². The molecule has 6 heteroatoms. The van der Waals surface area contributed by atoms with Gasteiger partial charge in [-0.1, -0.05) is 32.6 Å². The molecule has 0 aromatic heterocycles. The summed E-state index contributed by atoms with van der Waals surface area (Å²) < 4.78 is 22.6. The molecule has 0 aliphatic carbocycles. The molecule has 2 N–H and O–H groups in total. The Kier molecular flexibility index (Phi) is 9.72. The highest BCUT2D eigenvalue weighted by Crippen LogP contribution is 2.15. The minimum absolute atomic E-state index is 0.254. The van der Waals surface area contributed by atoms with Crippen molar-refractivity contribution in [2.24, 2.45) is 4.99 Å². The molecule has 1 unspecified atom stereocenters. The second-order valence-electron chi connectivity index (χ2n) is 6.62. The molecule has 0 fully saturated rings. The van der Waals surface area contributed by atoms with Crippen LogP contribution in [0.15, 0.2) is 4.99 Å². The summed E-state index contributed by atoms with van der Waals surface area (Å²) in [6.45, 7) is 10.8. The number of aliphatic imine (C=N–C) groups is 1. The van der Waals surface area contributed by atoms with Crippen molar-refractivity contribution < 1.29 is 8.42 Å². The van der Waals surface area contributed by atoms with Crippen LogP contribution in [0.4, 0.5) is 0 Å². The number of nitrogens with one attached hydrogen (secondary N) is 2. The van der Waals surface area contributed by atoms with Crippen molar-refractivity contribution in [3.05, 3.63) is 0 Å². The van der Waals surface area contributed by atoms with Gasteiger partial charge in [-0.15, -0.1) is 0 Å². The maximum absolute atomic E-state index is 11.7. The van der Waals surface area contributed by atoms with Crippen LogP contribution in [0.2, 0.25) is 0 Å². The fourth-order valence-corrected chi connectivity index (χ4v) is 2.19. The molecule has 0 spiro atoms. The molecule has 0 saturated carbocycles. The lowest BCUT2D eigenvalue weighted by atomic mass is 10.1. The average molecular weight is 334 g/mol. The van der Waals surface area contributed by atoms with Crippen LogP contribution in [0.1, 0.15) is 66.7 Å². The van der Waals surface area contributed by atoms with E-state index in [-0.39, 0.29) is 6.54 Å². The summed E-state index contributed by atoms with van der Waals surface area (Å²) in [4.78, 5) is 4.45. The molecular formula is C16H35N3O2S. The summed E-state index contributed by atoms with van der Waals surface area (Å²) >= 11 is 0. The van der Waals surface area contributed by atoms with Gasteiger partial charge in [0.05, 0.1) is 11.3 Å². The lowest BCUT2D eigenvalue weighted by Gasteiger charge is -2.22. The molecule has 0 bridgehead atoms. The van der Waals surface area contributed by atoms with Gasteiger partial charge in [-0.05, 0) is 34.1 Å². The Balaban J connectivity index is 4.55. The van der Waals surface area contributed by atoms with Crippen LogP contribution in [-0.2, 0) is 9.84 Å². The second kappa shape index (κ2) is 10.1. The first-order valence-corrected chi connectivity index (χ1v) is 10.3.